The van der Waals surface area contributed by atoms with Crippen molar-refractivity contribution in [2.24, 2.45) is 5.92 Å². The second kappa shape index (κ2) is 7.99. The molecule has 5 rings (SSSR count). The topological polar surface area (TPSA) is 43.6 Å². The van der Waals surface area contributed by atoms with Gasteiger partial charge in [-0.25, -0.2) is 0 Å². The Labute approximate surface area is 178 Å². The Balaban J connectivity index is 1.82. The highest BCUT2D eigenvalue weighted by Crippen LogP contribution is 2.48. The van der Waals surface area contributed by atoms with Gasteiger partial charge >= 0.3 is 0 Å². The number of aliphatic hydroxyl groups excluding tert-OH is 1. The van der Waals surface area contributed by atoms with Crippen molar-refractivity contribution in [2.75, 3.05) is 13.7 Å². The number of aromatic nitrogens is 1. The summed E-state index contributed by atoms with van der Waals surface area (Å²) in [5.74, 6) is 2.24. The normalized spacial score (nSPS) is 22.0. The first-order valence-corrected chi connectivity index (χ1v) is 11.3. The molecule has 2 atom stereocenters. The first-order valence-electron chi connectivity index (χ1n) is 11.3. The van der Waals surface area contributed by atoms with Gasteiger partial charge in [0.25, 0.3) is 0 Å². The van der Waals surface area contributed by atoms with Crippen LogP contribution in [0.3, 0.4) is 0 Å². The molecule has 4 nitrogen and oxygen atoms in total. The summed E-state index contributed by atoms with van der Waals surface area (Å²) in [6.07, 6.45) is 6.33. The quantitative estimate of drug-likeness (QED) is 0.603. The Morgan fingerprint density at radius 3 is 2.67 bits per heavy atom. The maximum absolute atomic E-state index is 10.2. The molecular weight excluding hydrogens is 374 g/mol. The van der Waals surface area contributed by atoms with E-state index in [0.29, 0.717) is 5.92 Å². The molecular formula is C26H31NO3. The van der Waals surface area contributed by atoms with Crippen LogP contribution in [0.1, 0.15) is 50.5 Å². The van der Waals surface area contributed by atoms with E-state index in [9.17, 15) is 5.11 Å². The Kier molecular flexibility index (Phi) is 5.20. The van der Waals surface area contributed by atoms with Crippen molar-refractivity contribution >= 4 is 10.9 Å². The Morgan fingerprint density at radius 2 is 1.90 bits per heavy atom. The van der Waals surface area contributed by atoms with Crippen LogP contribution in [0.15, 0.2) is 42.5 Å². The van der Waals surface area contributed by atoms with Crippen LogP contribution >= 0.6 is 0 Å². The molecule has 2 unspecified atom stereocenters. The number of fused-ring (bicyclic) bond motifs is 5. The molecule has 4 heteroatoms. The molecule has 0 radical (unpaired) electrons. The highest BCUT2D eigenvalue weighted by atomic mass is 16.5. The number of methoxy groups -OCH3 is 1. The summed E-state index contributed by atoms with van der Waals surface area (Å²) in [6.45, 7) is 2.92. The monoisotopic (exact) mass is 405 g/mol. The standard InChI is InChI=1S/C26H31NO3/c1-17-19(16-28)15-27-23-11-7-6-10-21(23)25(18-8-4-3-5-9-18)26(27)22-13-12-20(29-2)14-24(22)30-17/h6-7,10-14,17-19,28H,3-5,8-9,15-16H2,1-2H3. The zero-order valence-electron chi connectivity index (χ0n) is 17.9. The van der Waals surface area contributed by atoms with Gasteiger partial charge in [0.1, 0.15) is 17.6 Å². The number of hydrogen-bond acceptors (Lipinski definition) is 3. The molecule has 0 saturated heterocycles. The van der Waals surface area contributed by atoms with Gasteiger partial charge in [0.2, 0.25) is 0 Å². The summed E-state index contributed by atoms with van der Waals surface area (Å²) in [5, 5.41) is 11.5. The maximum atomic E-state index is 10.2. The van der Waals surface area contributed by atoms with Gasteiger partial charge in [-0.05, 0) is 49.4 Å². The third-order valence-electron chi connectivity index (χ3n) is 7.10. The highest BCUT2D eigenvalue weighted by molar-refractivity contribution is 5.94. The van der Waals surface area contributed by atoms with Crippen molar-refractivity contribution in [2.45, 2.75) is 57.6 Å². The van der Waals surface area contributed by atoms with Gasteiger partial charge in [-0.1, -0.05) is 37.5 Å². The molecule has 0 bridgehead atoms. The van der Waals surface area contributed by atoms with E-state index in [4.69, 9.17) is 9.47 Å². The van der Waals surface area contributed by atoms with Crippen molar-refractivity contribution in [3.05, 3.63) is 48.0 Å². The van der Waals surface area contributed by atoms with Gasteiger partial charge in [0, 0.05) is 35.0 Å². The molecule has 30 heavy (non-hydrogen) atoms. The molecule has 0 amide bonds. The molecule has 1 aliphatic carbocycles. The van der Waals surface area contributed by atoms with Gasteiger partial charge in [-0.3, -0.25) is 0 Å². The van der Waals surface area contributed by atoms with Gasteiger partial charge in [-0.2, -0.15) is 0 Å². The summed E-state index contributed by atoms with van der Waals surface area (Å²) in [7, 11) is 1.69. The van der Waals surface area contributed by atoms with Crippen LogP contribution in [0.25, 0.3) is 22.2 Å². The number of benzene rings is 2. The third kappa shape index (κ3) is 3.18. The summed E-state index contributed by atoms with van der Waals surface area (Å²) in [4.78, 5) is 0. The molecule has 2 aromatic carbocycles. The Hall–Kier alpha value is -2.46. The SMILES string of the molecule is COc1ccc2c(c1)OC(C)C(CO)Cn1c-2c(C2CCCCC2)c2ccccc21. The smallest absolute Gasteiger partial charge is 0.132 e. The minimum atomic E-state index is -0.0895. The summed E-state index contributed by atoms with van der Waals surface area (Å²) in [6, 6.07) is 15.0. The summed E-state index contributed by atoms with van der Waals surface area (Å²) >= 11 is 0. The van der Waals surface area contributed by atoms with Crippen molar-refractivity contribution < 1.29 is 14.6 Å². The largest absolute Gasteiger partial charge is 0.497 e. The molecule has 1 aliphatic heterocycles. The van der Waals surface area contributed by atoms with E-state index in [1.165, 1.54) is 54.3 Å². The molecule has 1 aromatic heterocycles. The fourth-order valence-electron chi connectivity index (χ4n) is 5.42. The molecule has 3 aromatic rings. The zero-order valence-corrected chi connectivity index (χ0v) is 17.9. The average molecular weight is 406 g/mol. The lowest BCUT2D eigenvalue weighted by Crippen LogP contribution is -2.32. The molecule has 0 spiro atoms. The van der Waals surface area contributed by atoms with Crippen LogP contribution in [0.5, 0.6) is 11.5 Å². The van der Waals surface area contributed by atoms with Gasteiger partial charge in [0.15, 0.2) is 0 Å². The molecule has 158 valence electrons. The van der Waals surface area contributed by atoms with E-state index in [1.807, 2.05) is 12.1 Å². The van der Waals surface area contributed by atoms with E-state index in [1.54, 1.807) is 7.11 Å². The predicted octanol–water partition coefficient (Wildman–Crippen LogP) is 5.75. The lowest BCUT2D eigenvalue weighted by molar-refractivity contribution is 0.0870. The number of hydrogen-bond donors (Lipinski definition) is 1. The van der Waals surface area contributed by atoms with E-state index in [2.05, 4.69) is 41.8 Å². The lowest BCUT2D eigenvalue weighted by Gasteiger charge is -2.31. The number of ether oxygens (including phenoxy) is 2. The first-order chi connectivity index (χ1) is 14.7. The Morgan fingerprint density at radius 1 is 1.10 bits per heavy atom. The molecule has 1 N–H and O–H groups in total. The third-order valence-corrected chi connectivity index (χ3v) is 7.10. The van der Waals surface area contributed by atoms with Crippen molar-refractivity contribution in [1.82, 2.24) is 4.57 Å². The summed E-state index contributed by atoms with van der Waals surface area (Å²) in [5.41, 5.74) is 5.14. The van der Waals surface area contributed by atoms with Gasteiger partial charge in [-0.15, -0.1) is 0 Å². The Bertz CT molecular complexity index is 1050. The van der Waals surface area contributed by atoms with Crippen molar-refractivity contribution in [3.63, 3.8) is 0 Å². The van der Waals surface area contributed by atoms with Crippen LogP contribution in [0.4, 0.5) is 0 Å². The fraction of sp³-hybridized carbons (Fsp3) is 0.462. The van der Waals surface area contributed by atoms with Gasteiger partial charge < -0.3 is 19.1 Å². The maximum Gasteiger partial charge on any atom is 0.132 e. The van der Waals surface area contributed by atoms with E-state index in [-0.39, 0.29) is 18.6 Å². The zero-order chi connectivity index (χ0) is 20.7. The van der Waals surface area contributed by atoms with Crippen molar-refractivity contribution in [3.8, 4) is 22.8 Å². The van der Waals surface area contributed by atoms with Crippen LogP contribution < -0.4 is 9.47 Å². The van der Waals surface area contributed by atoms with E-state index < -0.39 is 0 Å². The minimum absolute atomic E-state index is 0.0260. The number of rotatable bonds is 3. The summed E-state index contributed by atoms with van der Waals surface area (Å²) < 4.78 is 14.4. The first kappa shape index (κ1) is 19.5. The fourth-order valence-corrected chi connectivity index (χ4v) is 5.42. The highest BCUT2D eigenvalue weighted by Gasteiger charge is 2.32. The lowest BCUT2D eigenvalue weighted by atomic mass is 9.81. The number of para-hydroxylation sites is 1. The van der Waals surface area contributed by atoms with Crippen LogP contribution in [-0.4, -0.2) is 29.5 Å². The molecule has 2 aliphatic rings. The average Bonchev–Trinajstić information content (AvgIpc) is 3.10. The number of nitrogens with zero attached hydrogens (tertiary/aromatic N) is 1. The predicted molar refractivity (Wildman–Crippen MR) is 120 cm³/mol. The van der Waals surface area contributed by atoms with Crippen LogP contribution in [0.2, 0.25) is 0 Å². The second-order valence-electron chi connectivity index (χ2n) is 8.85. The van der Waals surface area contributed by atoms with Gasteiger partial charge in [0.05, 0.1) is 19.4 Å². The second-order valence-corrected chi connectivity index (χ2v) is 8.85. The van der Waals surface area contributed by atoms with Crippen LogP contribution in [-0.2, 0) is 6.54 Å². The molecule has 1 saturated carbocycles. The van der Waals surface area contributed by atoms with E-state index in [0.717, 1.165) is 23.6 Å². The molecule has 2 heterocycles. The minimum Gasteiger partial charge on any atom is -0.497 e. The molecule has 1 fully saturated rings. The van der Waals surface area contributed by atoms with E-state index >= 15 is 0 Å². The van der Waals surface area contributed by atoms with Crippen molar-refractivity contribution in [1.29, 1.82) is 0 Å². The van der Waals surface area contributed by atoms with Crippen LogP contribution in [0, 0.1) is 5.92 Å². The number of aliphatic hydroxyl groups is 1.